The van der Waals surface area contributed by atoms with Crippen LogP contribution in [0.25, 0.3) is 0 Å². The molecule has 0 bridgehead atoms. The Balaban J connectivity index is 0.000000690. The number of carbonyl (C=O) groups excluding carboxylic acids is 1. The Bertz CT molecular complexity index is 392. The van der Waals surface area contributed by atoms with Gasteiger partial charge < -0.3 is 19.9 Å². The summed E-state index contributed by atoms with van der Waals surface area (Å²) in [5, 5.41) is 0. The van der Waals surface area contributed by atoms with Crippen molar-refractivity contribution in [3.05, 3.63) is 24.3 Å². The van der Waals surface area contributed by atoms with Gasteiger partial charge >= 0.3 is 5.97 Å². The van der Waals surface area contributed by atoms with E-state index in [2.05, 4.69) is 18.6 Å². The lowest BCUT2D eigenvalue weighted by atomic mass is 10.2. The normalized spacial score (nSPS) is 10.9. The molecule has 0 heterocycles. The Morgan fingerprint density at radius 3 is 2.24 bits per heavy atom. The second-order valence-electron chi connectivity index (χ2n) is 4.37. The number of hydrogen-bond acceptors (Lipinski definition) is 5. The second kappa shape index (κ2) is 12.0. The van der Waals surface area contributed by atoms with Crippen LogP contribution < -0.4 is 15.2 Å². The van der Waals surface area contributed by atoms with Crippen LogP contribution in [0.4, 0.5) is 0 Å². The third-order valence-corrected chi connectivity index (χ3v) is 2.61. The number of methoxy groups -OCH3 is 1. The maximum absolute atomic E-state index is 9.59. The van der Waals surface area contributed by atoms with E-state index in [4.69, 9.17) is 15.2 Å². The number of esters is 1. The Morgan fingerprint density at radius 1 is 1.24 bits per heavy atom. The van der Waals surface area contributed by atoms with E-state index >= 15 is 0 Å². The van der Waals surface area contributed by atoms with E-state index in [0.717, 1.165) is 24.3 Å². The highest BCUT2D eigenvalue weighted by molar-refractivity contribution is 5.65. The first-order valence-electron chi connectivity index (χ1n) is 7.22. The molecule has 1 aromatic carbocycles. The summed E-state index contributed by atoms with van der Waals surface area (Å²) in [6.45, 7) is 6.74. The summed E-state index contributed by atoms with van der Waals surface area (Å²) in [5.41, 5.74) is 5.62. The van der Waals surface area contributed by atoms with Crippen LogP contribution in [0.5, 0.6) is 11.5 Å². The molecule has 1 unspecified atom stereocenters. The lowest BCUT2D eigenvalue weighted by molar-refractivity contribution is -0.137. The van der Waals surface area contributed by atoms with Crippen LogP contribution >= 0.6 is 0 Å². The topological polar surface area (TPSA) is 70.8 Å². The molecule has 0 aromatic heterocycles. The van der Waals surface area contributed by atoms with Crippen molar-refractivity contribution in [1.29, 1.82) is 0 Å². The summed E-state index contributed by atoms with van der Waals surface area (Å²) >= 11 is 0. The summed E-state index contributed by atoms with van der Waals surface area (Å²) in [5.74, 6) is 1.34. The highest BCUT2D eigenvalue weighted by atomic mass is 16.5. The number of nitrogens with two attached hydrogens (primary N) is 1. The maximum atomic E-state index is 9.59. The van der Waals surface area contributed by atoms with Crippen molar-refractivity contribution in [2.45, 2.75) is 39.7 Å². The number of rotatable bonds is 7. The summed E-state index contributed by atoms with van der Waals surface area (Å²) in [6.07, 6.45) is 1.95. The van der Waals surface area contributed by atoms with Crippen LogP contribution in [0.15, 0.2) is 24.3 Å². The lowest BCUT2D eigenvalue weighted by Gasteiger charge is -2.18. The van der Waals surface area contributed by atoms with Gasteiger partial charge in [-0.15, -0.1) is 0 Å². The Kier molecular flexibility index (Phi) is 11.0. The third-order valence-electron chi connectivity index (χ3n) is 2.61. The smallest absolute Gasteiger partial charge is 0.302 e. The summed E-state index contributed by atoms with van der Waals surface area (Å²) < 4.78 is 15.5. The van der Waals surface area contributed by atoms with Gasteiger partial charge in [-0.3, -0.25) is 4.79 Å². The fourth-order valence-corrected chi connectivity index (χ4v) is 1.36. The van der Waals surface area contributed by atoms with Gasteiger partial charge in [-0.25, -0.2) is 0 Å². The van der Waals surface area contributed by atoms with Crippen molar-refractivity contribution in [3.63, 3.8) is 0 Å². The molecule has 1 atom stereocenters. The molecule has 0 aliphatic rings. The molecule has 0 fully saturated rings. The Morgan fingerprint density at radius 2 is 1.81 bits per heavy atom. The van der Waals surface area contributed by atoms with Crippen LogP contribution in [0.2, 0.25) is 0 Å². The van der Waals surface area contributed by atoms with Gasteiger partial charge in [-0.05, 0) is 25.0 Å². The van der Waals surface area contributed by atoms with Crippen molar-refractivity contribution < 1.29 is 19.0 Å². The molecule has 5 heteroatoms. The molecule has 0 aliphatic carbocycles. The summed E-state index contributed by atoms with van der Waals surface area (Å²) in [4.78, 5) is 9.59. The van der Waals surface area contributed by atoms with Crippen LogP contribution in [-0.2, 0) is 9.53 Å². The van der Waals surface area contributed by atoms with Gasteiger partial charge in [0.05, 0.1) is 13.7 Å². The molecule has 120 valence electrons. The van der Waals surface area contributed by atoms with E-state index in [9.17, 15) is 4.79 Å². The van der Waals surface area contributed by atoms with Gasteiger partial charge in [0, 0.05) is 13.5 Å². The van der Waals surface area contributed by atoms with Crippen molar-refractivity contribution >= 4 is 5.97 Å². The fourth-order valence-electron chi connectivity index (χ4n) is 1.36. The van der Waals surface area contributed by atoms with Gasteiger partial charge in [0.1, 0.15) is 6.10 Å². The molecule has 0 radical (unpaired) electrons. The molecule has 0 saturated heterocycles. The standard InChI is InChI=1S/C13H21NO2.C3H6O2/c1-3-9-15-12-7-5-6-8-13(12)16-11(4-2)10-14;1-3(4)5-2/h5-8,11H,3-4,9-10,14H2,1-2H3;1-2H3. The average molecular weight is 297 g/mol. The predicted molar refractivity (Wildman–Crippen MR) is 83.7 cm³/mol. The monoisotopic (exact) mass is 297 g/mol. The second-order valence-corrected chi connectivity index (χ2v) is 4.37. The van der Waals surface area contributed by atoms with Gasteiger partial charge in [0.15, 0.2) is 11.5 Å². The molecule has 0 spiro atoms. The summed E-state index contributed by atoms with van der Waals surface area (Å²) in [6, 6.07) is 7.73. The number of para-hydroxylation sites is 2. The molecule has 1 rings (SSSR count). The molecule has 0 saturated carbocycles. The van der Waals surface area contributed by atoms with E-state index in [-0.39, 0.29) is 12.1 Å². The Hall–Kier alpha value is -1.75. The number of carbonyl (C=O) groups is 1. The van der Waals surface area contributed by atoms with E-state index in [1.807, 2.05) is 24.3 Å². The summed E-state index contributed by atoms with van der Waals surface area (Å²) in [7, 11) is 1.35. The number of hydrogen-bond donors (Lipinski definition) is 1. The minimum Gasteiger partial charge on any atom is -0.490 e. The van der Waals surface area contributed by atoms with Crippen LogP contribution in [0.1, 0.15) is 33.6 Å². The minimum atomic E-state index is -0.245. The van der Waals surface area contributed by atoms with Gasteiger partial charge in [-0.2, -0.15) is 0 Å². The average Bonchev–Trinajstić information content (AvgIpc) is 2.52. The molecule has 5 nitrogen and oxygen atoms in total. The molecular formula is C16H27NO4. The van der Waals surface area contributed by atoms with Gasteiger partial charge in [0.2, 0.25) is 0 Å². The van der Waals surface area contributed by atoms with Crippen LogP contribution in [-0.4, -0.2) is 32.3 Å². The van der Waals surface area contributed by atoms with E-state index in [1.54, 1.807) is 0 Å². The maximum Gasteiger partial charge on any atom is 0.302 e. The molecule has 1 aromatic rings. The molecular weight excluding hydrogens is 270 g/mol. The first kappa shape index (κ1) is 19.2. The van der Waals surface area contributed by atoms with Gasteiger partial charge in [-0.1, -0.05) is 26.0 Å². The van der Waals surface area contributed by atoms with Gasteiger partial charge in [0.25, 0.3) is 0 Å². The molecule has 2 N–H and O–H groups in total. The zero-order chi connectivity index (χ0) is 16.1. The fraction of sp³-hybridized carbons (Fsp3) is 0.562. The van der Waals surface area contributed by atoms with Crippen LogP contribution in [0.3, 0.4) is 0 Å². The minimum absolute atomic E-state index is 0.0615. The van der Waals surface area contributed by atoms with Crippen molar-refractivity contribution in [2.24, 2.45) is 5.73 Å². The lowest BCUT2D eigenvalue weighted by Crippen LogP contribution is -2.25. The number of benzene rings is 1. The van der Waals surface area contributed by atoms with E-state index in [1.165, 1.54) is 14.0 Å². The highest BCUT2D eigenvalue weighted by Crippen LogP contribution is 2.27. The molecule has 21 heavy (non-hydrogen) atoms. The van der Waals surface area contributed by atoms with Crippen molar-refractivity contribution in [2.75, 3.05) is 20.3 Å². The number of ether oxygens (including phenoxy) is 3. The van der Waals surface area contributed by atoms with E-state index < -0.39 is 0 Å². The largest absolute Gasteiger partial charge is 0.490 e. The van der Waals surface area contributed by atoms with Crippen molar-refractivity contribution in [3.8, 4) is 11.5 Å². The van der Waals surface area contributed by atoms with Crippen molar-refractivity contribution in [1.82, 2.24) is 0 Å². The zero-order valence-corrected chi connectivity index (χ0v) is 13.4. The molecule has 0 aliphatic heterocycles. The SMILES string of the molecule is CCCOc1ccccc1OC(CC)CN.COC(C)=O. The first-order chi connectivity index (χ1) is 10.1. The Labute approximate surface area is 127 Å². The quantitative estimate of drug-likeness (QED) is 0.784. The third kappa shape index (κ3) is 8.92. The molecule has 0 amide bonds. The van der Waals surface area contributed by atoms with E-state index in [0.29, 0.717) is 13.2 Å². The van der Waals surface area contributed by atoms with Crippen LogP contribution in [0, 0.1) is 0 Å². The first-order valence-corrected chi connectivity index (χ1v) is 7.22. The highest BCUT2D eigenvalue weighted by Gasteiger charge is 2.09. The zero-order valence-electron chi connectivity index (χ0n) is 13.4. The predicted octanol–water partition coefficient (Wildman–Crippen LogP) is 2.77.